The second-order valence-electron chi connectivity index (χ2n) is 5.04. The molecule has 0 unspecified atom stereocenters. The summed E-state index contributed by atoms with van der Waals surface area (Å²) in [5.41, 5.74) is 6.54. The van der Waals surface area contributed by atoms with Crippen LogP contribution in [-0.2, 0) is 14.8 Å². The Morgan fingerprint density at radius 1 is 1.24 bits per heavy atom. The third-order valence-corrected chi connectivity index (χ3v) is 4.54. The van der Waals surface area contributed by atoms with Crippen LogP contribution in [0.5, 0.6) is 0 Å². The molecule has 6 nitrogen and oxygen atoms in total. The first kappa shape index (κ1) is 17.9. The molecular formula is C14H25N3O3S. The van der Waals surface area contributed by atoms with Gasteiger partial charge in [0.2, 0.25) is 10.0 Å². The van der Waals surface area contributed by atoms with Crippen molar-refractivity contribution >= 4 is 15.7 Å². The second-order valence-corrected chi connectivity index (χ2v) is 6.75. The number of nitrogens with two attached hydrogens (primary N) is 1. The van der Waals surface area contributed by atoms with Crippen molar-refractivity contribution in [2.75, 3.05) is 38.3 Å². The van der Waals surface area contributed by atoms with Crippen LogP contribution in [0.25, 0.3) is 0 Å². The van der Waals surface area contributed by atoms with Gasteiger partial charge in [-0.2, -0.15) is 0 Å². The van der Waals surface area contributed by atoms with Gasteiger partial charge in [0.25, 0.3) is 0 Å². The SMILES string of the molecule is COCCN(CCN)c1ccc(S(=O)(=O)NC(C)C)cc1. The zero-order chi connectivity index (χ0) is 15.9. The summed E-state index contributed by atoms with van der Waals surface area (Å²) in [7, 11) is -1.80. The lowest BCUT2D eigenvalue weighted by Crippen LogP contribution is -2.32. The van der Waals surface area contributed by atoms with Crippen molar-refractivity contribution < 1.29 is 13.2 Å². The van der Waals surface area contributed by atoms with Crippen molar-refractivity contribution in [1.82, 2.24) is 4.72 Å². The smallest absolute Gasteiger partial charge is 0.240 e. The Bertz CT molecular complexity index is 515. The molecule has 21 heavy (non-hydrogen) atoms. The first-order chi connectivity index (χ1) is 9.90. The van der Waals surface area contributed by atoms with E-state index in [1.54, 1.807) is 45.2 Å². The summed E-state index contributed by atoms with van der Waals surface area (Å²) in [5.74, 6) is 0. The lowest BCUT2D eigenvalue weighted by atomic mass is 10.3. The molecule has 0 amide bonds. The molecule has 0 spiro atoms. The van der Waals surface area contributed by atoms with Crippen molar-refractivity contribution in [2.45, 2.75) is 24.8 Å². The second kappa shape index (κ2) is 8.33. The number of rotatable bonds is 9. The summed E-state index contributed by atoms with van der Waals surface area (Å²) in [6, 6.07) is 6.66. The molecule has 0 bridgehead atoms. The lowest BCUT2D eigenvalue weighted by Gasteiger charge is -2.24. The van der Waals surface area contributed by atoms with Gasteiger partial charge in [-0.25, -0.2) is 13.1 Å². The van der Waals surface area contributed by atoms with Crippen molar-refractivity contribution in [1.29, 1.82) is 0 Å². The van der Waals surface area contributed by atoms with E-state index in [1.807, 2.05) is 0 Å². The van der Waals surface area contributed by atoms with Crippen molar-refractivity contribution in [2.24, 2.45) is 5.73 Å². The highest BCUT2D eigenvalue weighted by molar-refractivity contribution is 7.89. The molecule has 120 valence electrons. The molecule has 0 atom stereocenters. The van der Waals surface area contributed by atoms with Gasteiger partial charge in [0, 0.05) is 38.5 Å². The Morgan fingerprint density at radius 2 is 1.86 bits per heavy atom. The zero-order valence-corrected chi connectivity index (χ0v) is 13.7. The topological polar surface area (TPSA) is 84.7 Å². The maximum absolute atomic E-state index is 12.1. The van der Waals surface area contributed by atoms with Gasteiger partial charge in [-0.05, 0) is 38.1 Å². The number of hydrogen-bond acceptors (Lipinski definition) is 5. The molecule has 7 heteroatoms. The lowest BCUT2D eigenvalue weighted by molar-refractivity contribution is 0.205. The van der Waals surface area contributed by atoms with E-state index in [9.17, 15) is 8.42 Å². The number of methoxy groups -OCH3 is 1. The van der Waals surface area contributed by atoms with Crippen molar-refractivity contribution in [3.63, 3.8) is 0 Å². The van der Waals surface area contributed by atoms with Gasteiger partial charge >= 0.3 is 0 Å². The molecular weight excluding hydrogens is 290 g/mol. The van der Waals surface area contributed by atoms with E-state index >= 15 is 0 Å². The van der Waals surface area contributed by atoms with E-state index in [0.29, 0.717) is 26.2 Å². The Morgan fingerprint density at radius 3 is 2.33 bits per heavy atom. The van der Waals surface area contributed by atoms with E-state index < -0.39 is 10.0 Å². The fraction of sp³-hybridized carbons (Fsp3) is 0.571. The van der Waals surface area contributed by atoms with Gasteiger partial charge in [-0.1, -0.05) is 0 Å². The van der Waals surface area contributed by atoms with Crippen LogP contribution in [0, 0.1) is 0 Å². The Hall–Kier alpha value is -1.15. The highest BCUT2D eigenvalue weighted by Crippen LogP contribution is 2.18. The van der Waals surface area contributed by atoms with Crippen LogP contribution in [-0.4, -0.2) is 47.8 Å². The Labute approximate surface area is 127 Å². The number of anilines is 1. The van der Waals surface area contributed by atoms with Crippen LogP contribution >= 0.6 is 0 Å². The maximum atomic E-state index is 12.1. The number of benzene rings is 1. The Kier molecular flexibility index (Phi) is 7.10. The number of sulfonamides is 1. The van der Waals surface area contributed by atoms with Crippen LogP contribution in [0.4, 0.5) is 5.69 Å². The molecule has 3 N–H and O–H groups in total. The van der Waals surface area contributed by atoms with E-state index in [2.05, 4.69) is 9.62 Å². The van der Waals surface area contributed by atoms with E-state index in [-0.39, 0.29) is 10.9 Å². The van der Waals surface area contributed by atoms with E-state index in [1.165, 1.54) is 0 Å². The fourth-order valence-corrected chi connectivity index (χ4v) is 3.19. The van der Waals surface area contributed by atoms with Gasteiger partial charge in [0.1, 0.15) is 0 Å². The molecule has 1 rings (SSSR count). The van der Waals surface area contributed by atoms with E-state index in [0.717, 1.165) is 5.69 Å². The van der Waals surface area contributed by atoms with Crippen molar-refractivity contribution in [3.05, 3.63) is 24.3 Å². The highest BCUT2D eigenvalue weighted by Gasteiger charge is 2.15. The molecule has 0 aliphatic carbocycles. The molecule has 0 fully saturated rings. The predicted octanol–water partition coefficient (Wildman–Crippen LogP) is 0.785. The third-order valence-electron chi connectivity index (χ3n) is 2.87. The van der Waals surface area contributed by atoms with Gasteiger partial charge in [-0.3, -0.25) is 0 Å². The molecule has 0 saturated carbocycles. The summed E-state index contributed by atoms with van der Waals surface area (Å²) >= 11 is 0. The number of nitrogens with zero attached hydrogens (tertiary/aromatic N) is 1. The standard InChI is InChI=1S/C14H25N3O3S/c1-12(2)16-21(18,19)14-6-4-13(5-7-14)17(9-8-15)10-11-20-3/h4-7,12,16H,8-11,15H2,1-3H3. The summed E-state index contributed by atoms with van der Waals surface area (Å²) in [6.45, 7) is 6.11. The number of nitrogens with one attached hydrogen (secondary N) is 1. The van der Waals surface area contributed by atoms with Gasteiger partial charge < -0.3 is 15.4 Å². The average molecular weight is 315 g/mol. The molecule has 0 aliphatic heterocycles. The summed E-state index contributed by atoms with van der Waals surface area (Å²) in [6.07, 6.45) is 0. The largest absolute Gasteiger partial charge is 0.383 e. The van der Waals surface area contributed by atoms with Crippen LogP contribution in [0.2, 0.25) is 0 Å². The minimum Gasteiger partial charge on any atom is -0.383 e. The molecule has 0 aromatic heterocycles. The van der Waals surface area contributed by atoms with Crippen LogP contribution in [0.3, 0.4) is 0 Å². The zero-order valence-electron chi connectivity index (χ0n) is 12.9. The highest BCUT2D eigenvalue weighted by atomic mass is 32.2. The molecule has 0 aliphatic rings. The quantitative estimate of drug-likeness (QED) is 0.703. The minimum absolute atomic E-state index is 0.134. The monoisotopic (exact) mass is 315 g/mol. The van der Waals surface area contributed by atoms with Crippen LogP contribution < -0.4 is 15.4 Å². The molecule has 0 radical (unpaired) electrons. The first-order valence-corrected chi connectivity index (χ1v) is 8.45. The van der Waals surface area contributed by atoms with Gasteiger partial charge in [0.05, 0.1) is 11.5 Å². The Balaban J connectivity index is 2.89. The minimum atomic E-state index is -3.45. The summed E-state index contributed by atoms with van der Waals surface area (Å²) in [4.78, 5) is 2.33. The number of ether oxygens (including phenoxy) is 1. The fourth-order valence-electron chi connectivity index (χ4n) is 1.94. The average Bonchev–Trinajstić information content (AvgIpc) is 2.42. The van der Waals surface area contributed by atoms with E-state index in [4.69, 9.17) is 10.5 Å². The predicted molar refractivity (Wildman–Crippen MR) is 85.0 cm³/mol. The molecule has 0 heterocycles. The summed E-state index contributed by atoms with van der Waals surface area (Å²) < 4.78 is 31.7. The van der Waals surface area contributed by atoms with Crippen molar-refractivity contribution in [3.8, 4) is 0 Å². The summed E-state index contributed by atoms with van der Waals surface area (Å²) in [5, 5.41) is 0. The maximum Gasteiger partial charge on any atom is 0.240 e. The van der Waals surface area contributed by atoms with Gasteiger partial charge in [-0.15, -0.1) is 0 Å². The number of hydrogen-bond donors (Lipinski definition) is 2. The first-order valence-electron chi connectivity index (χ1n) is 6.97. The van der Waals surface area contributed by atoms with Crippen LogP contribution in [0.1, 0.15) is 13.8 Å². The molecule has 0 saturated heterocycles. The third kappa shape index (κ3) is 5.62. The molecule has 1 aromatic rings. The van der Waals surface area contributed by atoms with Gasteiger partial charge in [0.15, 0.2) is 0 Å². The van der Waals surface area contributed by atoms with Crippen LogP contribution in [0.15, 0.2) is 29.2 Å². The normalized spacial score (nSPS) is 11.9. The molecule has 1 aromatic carbocycles.